The fourth-order valence-electron chi connectivity index (χ4n) is 1.17. The lowest BCUT2D eigenvalue weighted by molar-refractivity contribution is 0.881. The normalized spacial score (nSPS) is 10.2. The number of benzene rings is 1. The molecule has 0 N–H and O–H groups in total. The first-order valence-electron chi connectivity index (χ1n) is 4.64. The van der Waals surface area contributed by atoms with Crippen molar-refractivity contribution in [2.45, 2.75) is 32.7 Å². The molecule has 1 heteroatoms. The van der Waals surface area contributed by atoms with E-state index in [4.69, 9.17) is 0 Å². The molecule has 1 rings (SSSR count). The second kappa shape index (κ2) is 5.15. The predicted molar refractivity (Wildman–Crippen MR) is 56.3 cm³/mol. The fourth-order valence-corrected chi connectivity index (χ4v) is 2.55. The van der Waals surface area contributed by atoms with E-state index in [1.165, 1.54) is 24.4 Å². The van der Waals surface area contributed by atoms with E-state index < -0.39 is 0 Å². The minimum atomic E-state index is 1.01. The van der Waals surface area contributed by atoms with Crippen LogP contribution in [0.3, 0.4) is 0 Å². The van der Waals surface area contributed by atoms with Crippen molar-refractivity contribution in [2.75, 3.05) is 0 Å². The van der Waals surface area contributed by atoms with Gasteiger partial charge < -0.3 is 0 Å². The molecular weight excluding hydrogens is 160 g/mol. The molecule has 0 fully saturated rings. The average Bonchev–Trinajstić information content (AvgIpc) is 2.09. The molecule has 1 aromatic rings. The van der Waals surface area contributed by atoms with Crippen LogP contribution >= 0.6 is 0 Å². The van der Waals surface area contributed by atoms with E-state index in [9.17, 15) is 0 Å². The lowest BCUT2D eigenvalue weighted by Crippen LogP contribution is -2.16. The average molecular weight is 176 g/mol. The molecule has 0 unspecified atom stereocenters. The Morgan fingerprint density at radius 2 is 2.00 bits per heavy atom. The van der Waals surface area contributed by atoms with Gasteiger partial charge in [0.2, 0.25) is 0 Å². The van der Waals surface area contributed by atoms with Gasteiger partial charge in [-0.3, -0.25) is 0 Å². The number of hydrogen-bond acceptors (Lipinski definition) is 0. The summed E-state index contributed by atoms with van der Waals surface area (Å²) in [5.74, 6) is 0. The standard InChI is InChI=1S/C11H16Si/c1-3-4-9-12-11-8-6-5-7-10(11)2/h5-8H,3-4,9H2,1-2H3. The van der Waals surface area contributed by atoms with E-state index in [-0.39, 0.29) is 0 Å². The smallest absolute Gasteiger partial charge is 0.0654 e. The molecule has 0 nitrogen and oxygen atoms in total. The molecule has 0 bridgehead atoms. The highest BCUT2D eigenvalue weighted by Gasteiger charge is 1.96. The molecule has 0 atom stereocenters. The molecule has 64 valence electrons. The maximum absolute atomic E-state index is 2.25. The number of rotatable bonds is 4. The minimum absolute atomic E-state index is 1.01. The molecular formula is C11H16Si. The molecule has 2 radical (unpaired) electrons. The van der Waals surface area contributed by atoms with Crippen molar-refractivity contribution in [1.29, 1.82) is 0 Å². The number of hydrogen-bond donors (Lipinski definition) is 0. The van der Waals surface area contributed by atoms with Gasteiger partial charge in [-0.25, -0.2) is 0 Å². The van der Waals surface area contributed by atoms with Gasteiger partial charge in [0.15, 0.2) is 0 Å². The molecule has 0 aliphatic carbocycles. The third kappa shape index (κ3) is 2.82. The molecule has 0 aliphatic heterocycles. The fraction of sp³-hybridized carbons (Fsp3) is 0.455. The molecule has 12 heavy (non-hydrogen) atoms. The van der Waals surface area contributed by atoms with Gasteiger partial charge in [0, 0.05) is 0 Å². The van der Waals surface area contributed by atoms with E-state index in [2.05, 4.69) is 38.1 Å². The Kier molecular flexibility index (Phi) is 4.09. The zero-order valence-corrected chi connectivity index (χ0v) is 8.93. The Morgan fingerprint density at radius 1 is 1.25 bits per heavy atom. The van der Waals surface area contributed by atoms with Crippen LogP contribution < -0.4 is 5.19 Å². The van der Waals surface area contributed by atoms with Crippen LogP contribution in [0, 0.1) is 6.92 Å². The summed E-state index contributed by atoms with van der Waals surface area (Å²) < 4.78 is 0. The summed E-state index contributed by atoms with van der Waals surface area (Å²) in [5, 5.41) is 1.55. The van der Waals surface area contributed by atoms with Gasteiger partial charge in [0.1, 0.15) is 0 Å². The van der Waals surface area contributed by atoms with Gasteiger partial charge in [0.05, 0.1) is 9.52 Å². The van der Waals surface area contributed by atoms with Crippen molar-refractivity contribution >= 4 is 14.7 Å². The van der Waals surface area contributed by atoms with E-state index in [0.717, 1.165) is 9.52 Å². The zero-order chi connectivity index (χ0) is 8.81. The van der Waals surface area contributed by atoms with Gasteiger partial charge in [-0.1, -0.05) is 60.8 Å². The van der Waals surface area contributed by atoms with Crippen LogP contribution in [-0.2, 0) is 0 Å². The topological polar surface area (TPSA) is 0 Å². The van der Waals surface area contributed by atoms with Crippen LogP contribution in [0.15, 0.2) is 24.3 Å². The highest BCUT2D eigenvalue weighted by atomic mass is 28.2. The van der Waals surface area contributed by atoms with E-state index in [1.54, 1.807) is 5.19 Å². The number of aryl methyl sites for hydroxylation is 1. The quantitative estimate of drug-likeness (QED) is 0.488. The van der Waals surface area contributed by atoms with Crippen molar-refractivity contribution in [3.05, 3.63) is 29.8 Å². The Labute approximate surface area is 77.8 Å². The van der Waals surface area contributed by atoms with Gasteiger partial charge in [-0.2, -0.15) is 0 Å². The second-order valence-electron chi connectivity index (χ2n) is 3.10. The van der Waals surface area contributed by atoms with Crippen LogP contribution in [0.4, 0.5) is 0 Å². The molecule has 0 saturated carbocycles. The summed E-state index contributed by atoms with van der Waals surface area (Å²) in [6.45, 7) is 4.45. The van der Waals surface area contributed by atoms with Crippen molar-refractivity contribution in [3.8, 4) is 0 Å². The summed E-state index contributed by atoms with van der Waals surface area (Å²) >= 11 is 0. The summed E-state index contributed by atoms with van der Waals surface area (Å²) in [5.41, 5.74) is 1.45. The highest BCUT2D eigenvalue weighted by Crippen LogP contribution is 1.97. The van der Waals surface area contributed by atoms with E-state index >= 15 is 0 Å². The highest BCUT2D eigenvalue weighted by molar-refractivity contribution is 6.53. The SMILES string of the molecule is CCCC[Si]c1ccccc1C. The van der Waals surface area contributed by atoms with Crippen molar-refractivity contribution in [3.63, 3.8) is 0 Å². The van der Waals surface area contributed by atoms with Crippen LogP contribution in [-0.4, -0.2) is 9.52 Å². The Morgan fingerprint density at radius 3 is 2.67 bits per heavy atom. The van der Waals surface area contributed by atoms with Gasteiger partial charge in [-0.05, 0) is 6.92 Å². The summed E-state index contributed by atoms with van der Waals surface area (Å²) in [6, 6.07) is 10.1. The van der Waals surface area contributed by atoms with Crippen molar-refractivity contribution in [1.82, 2.24) is 0 Å². The molecule has 0 heterocycles. The van der Waals surface area contributed by atoms with Gasteiger partial charge in [0.25, 0.3) is 0 Å². The Hall–Kier alpha value is -0.563. The van der Waals surface area contributed by atoms with Gasteiger partial charge >= 0.3 is 0 Å². The first-order valence-corrected chi connectivity index (χ1v) is 5.85. The molecule has 0 amide bonds. The first kappa shape index (κ1) is 9.52. The Bertz CT molecular complexity index is 230. The van der Waals surface area contributed by atoms with E-state index in [0.29, 0.717) is 0 Å². The lowest BCUT2D eigenvalue weighted by Gasteiger charge is -2.02. The van der Waals surface area contributed by atoms with E-state index in [1.807, 2.05) is 0 Å². The molecule has 0 aromatic heterocycles. The summed E-state index contributed by atoms with van der Waals surface area (Å²) in [7, 11) is 1.01. The zero-order valence-electron chi connectivity index (χ0n) is 7.93. The summed E-state index contributed by atoms with van der Waals surface area (Å²) in [4.78, 5) is 0. The summed E-state index contributed by atoms with van der Waals surface area (Å²) in [6.07, 6.45) is 2.69. The van der Waals surface area contributed by atoms with Gasteiger partial charge in [-0.15, -0.1) is 0 Å². The first-order chi connectivity index (χ1) is 5.84. The van der Waals surface area contributed by atoms with Crippen LogP contribution in [0.2, 0.25) is 6.04 Å². The van der Waals surface area contributed by atoms with Crippen LogP contribution in [0.25, 0.3) is 0 Å². The van der Waals surface area contributed by atoms with Crippen molar-refractivity contribution < 1.29 is 0 Å². The third-order valence-corrected chi connectivity index (χ3v) is 3.54. The lowest BCUT2D eigenvalue weighted by atomic mass is 10.2. The molecule has 1 aromatic carbocycles. The molecule has 0 aliphatic rings. The number of unbranched alkanes of at least 4 members (excludes halogenated alkanes) is 1. The maximum Gasteiger partial charge on any atom is 0.0811 e. The minimum Gasteiger partial charge on any atom is -0.0654 e. The van der Waals surface area contributed by atoms with Crippen LogP contribution in [0.5, 0.6) is 0 Å². The predicted octanol–water partition coefficient (Wildman–Crippen LogP) is 2.54. The van der Waals surface area contributed by atoms with Crippen LogP contribution in [0.1, 0.15) is 25.3 Å². The monoisotopic (exact) mass is 176 g/mol. The molecule has 0 saturated heterocycles. The maximum atomic E-state index is 2.25. The third-order valence-electron chi connectivity index (χ3n) is 1.99. The second-order valence-corrected chi connectivity index (χ2v) is 4.49. The largest absolute Gasteiger partial charge is 0.0811 e. The molecule has 0 spiro atoms. The Balaban J connectivity index is 2.46. The van der Waals surface area contributed by atoms with Crippen molar-refractivity contribution in [2.24, 2.45) is 0 Å².